The summed E-state index contributed by atoms with van der Waals surface area (Å²) in [6.07, 6.45) is 5.53. The van der Waals surface area contributed by atoms with E-state index >= 15 is 0 Å². The summed E-state index contributed by atoms with van der Waals surface area (Å²) in [7, 11) is 1.78. The predicted molar refractivity (Wildman–Crippen MR) is 137 cm³/mol. The average Bonchev–Trinajstić information content (AvgIpc) is 3.56. The topological polar surface area (TPSA) is 73.1 Å². The minimum Gasteiger partial charge on any atom is -0.468 e. The Morgan fingerprint density at radius 3 is 2.44 bits per heavy atom. The number of hydrogen-bond donors (Lipinski definition) is 2. The molecule has 1 saturated heterocycles. The van der Waals surface area contributed by atoms with Gasteiger partial charge in [-0.15, -0.1) is 24.0 Å². The third-order valence-electron chi connectivity index (χ3n) is 6.19. The van der Waals surface area contributed by atoms with Gasteiger partial charge in [0.25, 0.3) is 0 Å². The summed E-state index contributed by atoms with van der Waals surface area (Å²) in [5, 5.41) is 6.77. The molecule has 2 N–H and O–H groups in total. The maximum absolute atomic E-state index is 12.6. The number of carbonyl (C=O) groups is 1. The van der Waals surface area contributed by atoms with Crippen molar-refractivity contribution in [3.63, 3.8) is 0 Å². The molecule has 1 unspecified atom stereocenters. The lowest BCUT2D eigenvalue weighted by atomic mass is 10.1. The first kappa shape index (κ1) is 24.6. The number of aliphatic imine (C=N–C) groups is 1. The molecule has 1 amide bonds. The summed E-state index contributed by atoms with van der Waals surface area (Å²) in [5.41, 5.74) is 2.53. The summed E-state index contributed by atoms with van der Waals surface area (Å²) in [5.74, 6) is 1.96. The molecule has 32 heavy (non-hydrogen) atoms. The average molecular weight is 551 g/mol. The van der Waals surface area contributed by atoms with Gasteiger partial charge in [-0.05, 0) is 55.6 Å². The molecule has 8 heteroatoms. The number of furan rings is 1. The molecule has 2 aliphatic rings. The molecule has 0 spiro atoms. The van der Waals surface area contributed by atoms with E-state index in [1.807, 2.05) is 29.2 Å². The molecule has 0 aliphatic carbocycles. The molecule has 2 aromatic rings. The Hall–Kier alpha value is -2.07. The van der Waals surface area contributed by atoms with Crippen LogP contribution in [0.1, 0.15) is 48.6 Å². The van der Waals surface area contributed by atoms with E-state index in [4.69, 9.17) is 4.42 Å². The van der Waals surface area contributed by atoms with Crippen molar-refractivity contribution >= 4 is 35.8 Å². The van der Waals surface area contributed by atoms with E-state index in [0.717, 1.165) is 50.9 Å². The standard InChI is InChI=1S/C24H33N5O2.HI/c1-25-24(27-16-21(22-10-7-15-31-22)28-13-4-5-14-28)26-12-6-11-23(30)29-17-19-8-2-3-9-20(19)18-29;/h2-3,7-10,15,21H,4-6,11-14,16-18H2,1H3,(H2,25,26,27);1H. The van der Waals surface area contributed by atoms with Crippen LogP contribution >= 0.6 is 24.0 Å². The number of nitrogens with one attached hydrogen (secondary N) is 2. The van der Waals surface area contributed by atoms with Gasteiger partial charge in [-0.3, -0.25) is 14.7 Å². The highest BCUT2D eigenvalue weighted by atomic mass is 127. The van der Waals surface area contributed by atoms with Gasteiger partial charge in [-0.25, -0.2) is 0 Å². The highest BCUT2D eigenvalue weighted by Gasteiger charge is 2.26. The first-order valence-corrected chi connectivity index (χ1v) is 11.3. The van der Waals surface area contributed by atoms with Crippen LogP contribution in [0.2, 0.25) is 0 Å². The van der Waals surface area contributed by atoms with Crippen molar-refractivity contribution in [2.45, 2.75) is 44.8 Å². The number of amides is 1. The van der Waals surface area contributed by atoms with Gasteiger partial charge in [-0.1, -0.05) is 24.3 Å². The van der Waals surface area contributed by atoms with Crippen molar-refractivity contribution in [2.75, 3.05) is 33.2 Å². The van der Waals surface area contributed by atoms with Gasteiger partial charge in [0.05, 0.1) is 12.3 Å². The summed E-state index contributed by atoms with van der Waals surface area (Å²) in [6, 6.07) is 12.5. The summed E-state index contributed by atoms with van der Waals surface area (Å²) in [6.45, 7) is 5.11. The van der Waals surface area contributed by atoms with E-state index in [0.29, 0.717) is 13.0 Å². The predicted octanol–water partition coefficient (Wildman–Crippen LogP) is 3.52. The first-order valence-electron chi connectivity index (χ1n) is 11.3. The zero-order chi connectivity index (χ0) is 21.5. The molecule has 1 aromatic heterocycles. The molecule has 0 bridgehead atoms. The van der Waals surface area contributed by atoms with Crippen LogP contribution in [0.3, 0.4) is 0 Å². The second kappa shape index (κ2) is 12.2. The molecule has 174 valence electrons. The lowest BCUT2D eigenvalue weighted by molar-refractivity contribution is -0.131. The lowest BCUT2D eigenvalue weighted by Gasteiger charge is -2.26. The zero-order valence-electron chi connectivity index (χ0n) is 18.8. The zero-order valence-corrected chi connectivity index (χ0v) is 21.1. The van der Waals surface area contributed by atoms with Gasteiger partial charge in [0.2, 0.25) is 5.91 Å². The van der Waals surface area contributed by atoms with E-state index in [9.17, 15) is 4.79 Å². The highest BCUT2D eigenvalue weighted by molar-refractivity contribution is 14.0. The molecule has 0 saturated carbocycles. The number of nitrogens with zero attached hydrogens (tertiary/aromatic N) is 3. The van der Waals surface area contributed by atoms with Crippen molar-refractivity contribution in [3.8, 4) is 0 Å². The summed E-state index contributed by atoms with van der Waals surface area (Å²) < 4.78 is 5.69. The van der Waals surface area contributed by atoms with Gasteiger partial charge in [-0.2, -0.15) is 0 Å². The Morgan fingerprint density at radius 2 is 1.81 bits per heavy atom. The number of halogens is 1. The number of hydrogen-bond acceptors (Lipinski definition) is 4. The van der Waals surface area contributed by atoms with Crippen molar-refractivity contribution in [1.29, 1.82) is 0 Å². The van der Waals surface area contributed by atoms with Crippen molar-refractivity contribution < 1.29 is 9.21 Å². The molecule has 1 fully saturated rings. The van der Waals surface area contributed by atoms with Gasteiger partial charge in [0.1, 0.15) is 5.76 Å². The Morgan fingerprint density at radius 1 is 1.09 bits per heavy atom. The van der Waals surface area contributed by atoms with E-state index in [1.165, 1.54) is 24.0 Å². The van der Waals surface area contributed by atoms with E-state index < -0.39 is 0 Å². The monoisotopic (exact) mass is 551 g/mol. The molecule has 7 nitrogen and oxygen atoms in total. The van der Waals surface area contributed by atoms with Gasteiger partial charge >= 0.3 is 0 Å². The molecule has 2 aliphatic heterocycles. The molecule has 0 radical (unpaired) electrons. The number of fused-ring (bicyclic) bond motifs is 1. The second-order valence-electron chi connectivity index (χ2n) is 8.28. The van der Waals surface area contributed by atoms with Gasteiger partial charge < -0.3 is 20.0 Å². The normalized spacial score (nSPS) is 17.0. The van der Waals surface area contributed by atoms with Gasteiger partial charge in [0.15, 0.2) is 5.96 Å². The summed E-state index contributed by atoms with van der Waals surface area (Å²) >= 11 is 0. The van der Waals surface area contributed by atoms with Crippen LogP contribution in [-0.4, -0.2) is 54.9 Å². The third-order valence-corrected chi connectivity index (χ3v) is 6.19. The molecule has 3 heterocycles. The molecule has 1 atom stereocenters. The minimum absolute atomic E-state index is 0. The van der Waals surface area contributed by atoms with Crippen LogP contribution in [0, 0.1) is 0 Å². The van der Waals surface area contributed by atoms with E-state index in [-0.39, 0.29) is 35.9 Å². The van der Waals surface area contributed by atoms with E-state index in [2.05, 4.69) is 32.7 Å². The number of benzene rings is 1. The second-order valence-corrected chi connectivity index (χ2v) is 8.28. The Bertz CT molecular complexity index is 855. The quantitative estimate of drug-likeness (QED) is 0.228. The van der Waals surface area contributed by atoms with Crippen LogP contribution in [0.25, 0.3) is 0 Å². The van der Waals surface area contributed by atoms with Crippen molar-refractivity contribution in [1.82, 2.24) is 20.4 Å². The number of rotatable bonds is 8. The van der Waals surface area contributed by atoms with Crippen LogP contribution in [0.15, 0.2) is 52.1 Å². The Kier molecular flexibility index (Phi) is 9.40. The minimum atomic E-state index is 0. The summed E-state index contributed by atoms with van der Waals surface area (Å²) in [4.78, 5) is 21.3. The van der Waals surface area contributed by atoms with Crippen LogP contribution < -0.4 is 10.6 Å². The fourth-order valence-electron chi connectivity index (χ4n) is 4.47. The van der Waals surface area contributed by atoms with Gasteiger partial charge in [0, 0.05) is 39.6 Å². The first-order chi connectivity index (χ1) is 15.2. The molecule has 1 aromatic carbocycles. The number of carbonyl (C=O) groups excluding carboxylic acids is 1. The fraction of sp³-hybridized carbons (Fsp3) is 0.500. The van der Waals surface area contributed by atoms with Crippen LogP contribution in [0.5, 0.6) is 0 Å². The Balaban J connectivity index is 0.00000289. The van der Waals surface area contributed by atoms with Crippen molar-refractivity contribution in [2.24, 2.45) is 4.99 Å². The van der Waals surface area contributed by atoms with E-state index in [1.54, 1.807) is 13.3 Å². The maximum atomic E-state index is 12.6. The maximum Gasteiger partial charge on any atom is 0.223 e. The van der Waals surface area contributed by atoms with Crippen molar-refractivity contribution in [3.05, 3.63) is 59.5 Å². The fourth-order valence-corrected chi connectivity index (χ4v) is 4.47. The largest absolute Gasteiger partial charge is 0.468 e. The number of likely N-dealkylation sites (tertiary alicyclic amines) is 1. The lowest BCUT2D eigenvalue weighted by Crippen LogP contribution is -2.43. The van der Waals surface area contributed by atoms with Crippen LogP contribution in [-0.2, 0) is 17.9 Å². The molecular weight excluding hydrogens is 517 g/mol. The SMILES string of the molecule is CN=C(NCCCC(=O)N1Cc2ccccc2C1)NCC(c1ccco1)N1CCCC1.I. The van der Waals surface area contributed by atoms with Crippen LogP contribution in [0.4, 0.5) is 0 Å². The molecule has 4 rings (SSSR count). The number of guanidine groups is 1. The molecular formula is C24H34IN5O2. The highest BCUT2D eigenvalue weighted by Crippen LogP contribution is 2.25. The Labute approximate surface area is 207 Å². The smallest absolute Gasteiger partial charge is 0.223 e. The third kappa shape index (κ3) is 6.25.